The second-order valence-electron chi connectivity index (χ2n) is 8.40. The highest BCUT2D eigenvalue weighted by Crippen LogP contribution is 2.35. The molecule has 0 aliphatic rings. The second-order valence-corrected chi connectivity index (χ2v) is 8.40. The minimum Gasteiger partial charge on any atom is -0.497 e. The monoisotopic (exact) mass is 467 g/mol. The Balaban J connectivity index is 1.69. The van der Waals surface area contributed by atoms with Gasteiger partial charge in [0, 0.05) is 18.2 Å². The van der Waals surface area contributed by atoms with Crippen LogP contribution in [0.3, 0.4) is 0 Å². The van der Waals surface area contributed by atoms with Gasteiger partial charge in [-0.2, -0.15) is 13.2 Å². The number of hydrogen-bond acceptors (Lipinski definition) is 2. The van der Waals surface area contributed by atoms with Crippen molar-refractivity contribution in [2.24, 2.45) is 0 Å². The van der Waals surface area contributed by atoms with Crippen molar-refractivity contribution >= 4 is 10.8 Å². The maximum atomic E-state index is 14.0. The van der Waals surface area contributed by atoms with Crippen molar-refractivity contribution in [3.63, 3.8) is 0 Å². The molecule has 1 unspecified atom stereocenters. The number of fused-ring (bicyclic) bond motifs is 1. The van der Waals surface area contributed by atoms with E-state index in [1.165, 1.54) is 31.4 Å². The predicted molar refractivity (Wildman–Crippen MR) is 127 cm³/mol. The zero-order valence-corrected chi connectivity index (χ0v) is 19.1. The van der Waals surface area contributed by atoms with Crippen LogP contribution >= 0.6 is 0 Å². The number of hydrogen-bond donors (Lipinski definition) is 1. The lowest BCUT2D eigenvalue weighted by Crippen LogP contribution is -2.22. The van der Waals surface area contributed by atoms with Crippen LogP contribution in [-0.2, 0) is 6.18 Å². The fourth-order valence-electron chi connectivity index (χ4n) is 4.18. The van der Waals surface area contributed by atoms with Crippen LogP contribution in [-0.4, -0.2) is 7.11 Å². The Hall–Kier alpha value is -3.38. The third-order valence-corrected chi connectivity index (χ3v) is 6.04. The number of alkyl halides is 3. The summed E-state index contributed by atoms with van der Waals surface area (Å²) < 4.78 is 58.3. The fraction of sp³-hybridized carbons (Fsp3) is 0.214. The number of nitrogens with one attached hydrogen (secondary N) is 1. The number of methoxy groups -OCH3 is 1. The molecule has 0 amide bonds. The van der Waals surface area contributed by atoms with Crippen molar-refractivity contribution in [2.75, 3.05) is 7.11 Å². The van der Waals surface area contributed by atoms with Gasteiger partial charge in [0.2, 0.25) is 0 Å². The highest BCUT2D eigenvalue weighted by Gasteiger charge is 2.30. The molecule has 34 heavy (non-hydrogen) atoms. The van der Waals surface area contributed by atoms with Crippen molar-refractivity contribution < 1.29 is 22.3 Å². The maximum Gasteiger partial charge on any atom is 0.416 e. The Morgan fingerprint density at radius 3 is 2.09 bits per heavy atom. The van der Waals surface area contributed by atoms with E-state index in [0.29, 0.717) is 11.3 Å². The van der Waals surface area contributed by atoms with E-state index in [-0.39, 0.29) is 17.9 Å². The van der Waals surface area contributed by atoms with Crippen LogP contribution in [0.2, 0.25) is 0 Å². The molecule has 0 heterocycles. The summed E-state index contributed by atoms with van der Waals surface area (Å²) in [5, 5.41) is 5.44. The van der Waals surface area contributed by atoms with E-state index < -0.39 is 11.7 Å². The Kier molecular flexibility index (Phi) is 6.62. The predicted octanol–water partition coefficient (Wildman–Crippen LogP) is 8.09. The number of halogens is 4. The minimum atomic E-state index is -4.38. The Labute approximate surface area is 196 Å². The van der Waals surface area contributed by atoms with Gasteiger partial charge >= 0.3 is 6.18 Å². The van der Waals surface area contributed by atoms with Crippen LogP contribution in [0, 0.1) is 5.82 Å². The average molecular weight is 468 g/mol. The summed E-state index contributed by atoms with van der Waals surface area (Å²) in [6.45, 7) is 3.95. The third kappa shape index (κ3) is 5.07. The first kappa shape index (κ1) is 23.8. The molecule has 0 spiro atoms. The van der Waals surface area contributed by atoms with E-state index in [1.54, 1.807) is 6.07 Å². The van der Waals surface area contributed by atoms with E-state index in [2.05, 4.69) is 11.4 Å². The molecule has 0 fully saturated rings. The quantitative estimate of drug-likeness (QED) is 0.289. The van der Waals surface area contributed by atoms with Crippen molar-refractivity contribution in [3.8, 4) is 16.9 Å². The highest BCUT2D eigenvalue weighted by atomic mass is 19.4. The van der Waals surface area contributed by atoms with Crippen molar-refractivity contribution in [1.29, 1.82) is 0 Å². The molecule has 1 N–H and O–H groups in total. The van der Waals surface area contributed by atoms with Gasteiger partial charge in [0.15, 0.2) is 0 Å². The molecule has 176 valence electrons. The normalized spacial score (nSPS) is 13.6. The average Bonchev–Trinajstić information content (AvgIpc) is 2.82. The first-order chi connectivity index (χ1) is 16.2. The number of rotatable bonds is 6. The topological polar surface area (TPSA) is 21.3 Å². The summed E-state index contributed by atoms with van der Waals surface area (Å²) in [6.07, 6.45) is -4.38. The molecule has 4 rings (SSSR count). The van der Waals surface area contributed by atoms with E-state index in [9.17, 15) is 17.6 Å². The number of benzene rings is 4. The van der Waals surface area contributed by atoms with E-state index in [4.69, 9.17) is 4.74 Å². The molecular formula is C28H25F4NO. The van der Waals surface area contributed by atoms with Gasteiger partial charge in [-0.05, 0) is 83.3 Å². The lowest BCUT2D eigenvalue weighted by Gasteiger charge is -2.23. The van der Waals surface area contributed by atoms with Crippen LogP contribution in [0.4, 0.5) is 17.6 Å². The van der Waals surface area contributed by atoms with Crippen LogP contribution in [0.25, 0.3) is 21.9 Å². The molecule has 6 heteroatoms. The molecule has 2 atom stereocenters. The standard InChI is InChI=1S/C28H25F4NO/c1-17(33-18(2)22-13-24(29)16-25(14-22)34-3)21-12-20-6-4-5-7-26(20)27(15-21)19-8-10-23(11-9-19)28(30,31)32/h4-18,33H,1-3H3/t17?,18-/m1/s1. The molecule has 4 aromatic rings. The van der Waals surface area contributed by atoms with Crippen LogP contribution in [0.15, 0.2) is 78.9 Å². The lowest BCUT2D eigenvalue weighted by atomic mass is 9.92. The first-order valence-electron chi connectivity index (χ1n) is 11.0. The molecule has 4 aromatic carbocycles. The van der Waals surface area contributed by atoms with Gasteiger partial charge in [-0.25, -0.2) is 4.39 Å². The van der Waals surface area contributed by atoms with Gasteiger partial charge in [0.05, 0.1) is 12.7 Å². The largest absolute Gasteiger partial charge is 0.497 e. The first-order valence-corrected chi connectivity index (χ1v) is 11.0. The Morgan fingerprint density at radius 2 is 1.44 bits per heavy atom. The summed E-state index contributed by atoms with van der Waals surface area (Å²) in [5.41, 5.74) is 2.62. The fourth-order valence-corrected chi connectivity index (χ4v) is 4.18. The molecule has 0 saturated carbocycles. The van der Waals surface area contributed by atoms with Gasteiger partial charge in [-0.3, -0.25) is 0 Å². The van der Waals surface area contributed by atoms with E-state index >= 15 is 0 Å². The van der Waals surface area contributed by atoms with Crippen molar-refractivity contribution in [1.82, 2.24) is 5.32 Å². The summed E-state index contributed by atoms with van der Waals surface area (Å²) in [5.74, 6) is 0.0811. The SMILES string of the molecule is COc1cc(F)cc([C@@H](C)NC(C)c2cc(-c3ccc(C(F)(F)F)cc3)c3ccccc3c2)c1. The maximum absolute atomic E-state index is 14.0. The van der Waals surface area contributed by atoms with Gasteiger partial charge in [0.25, 0.3) is 0 Å². The summed E-state index contributed by atoms with van der Waals surface area (Å²) in [4.78, 5) is 0. The molecule has 0 aromatic heterocycles. The van der Waals surface area contributed by atoms with Crippen LogP contribution in [0.5, 0.6) is 5.75 Å². The molecule has 0 bridgehead atoms. The van der Waals surface area contributed by atoms with Gasteiger partial charge in [-0.1, -0.05) is 36.4 Å². The van der Waals surface area contributed by atoms with E-state index in [0.717, 1.165) is 39.6 Å². The molecule has 0 saturated heterocycles. The van der Waals surface area contributed by atoms with Crippen LogP contribution < -0.4 is 10.1 Å². The summed E-state index contributed by atoms with van der Waals surface area (Å²) in [7, 11) is 1.50. The van der Waals surface area contributed by atoms with Gasteiger partial charge in [0.1, 0.15) is 11.6 Å². The van der Waals surface area contributed by atoms with E-state index in [1.807, 2.05) is 44.2 Å². The third-order valence-electron chi connectivity index (χ3n) is 6.04. The smallest absolute Gasteiger partial charge is 0.416 e. The zero-order valence-electron chi connectivity index (χ0n) is 19.1. The van der Waals surface area contributed by atoms with Gasteiger partial charge < -0.3 is 10.1 Å². The Bertz CT molecular complexity index is 1300. The summed E-state index contributed by atoms with van der Waals surface area (Å²) in [6, 6.07) is 21.4. The lowest BCUT2D eigenvalue weighted by molar-refractivity contribution is -0.137. The molecule has 0 aliphatic carbocycles. The van der Waals surface area contributed by atoms with Crippen molar-refractivity contribution in [3.05, 3.63) is 101 Å². The Morgan fingerprint density at radius 1 is 0.794 bits per heavy atom. The van der Waals surface area contributed by atoms with Crippen LogP contribution in [0.1, 0.15) is 42.6 Å². The number of ether oxygens (including phenoxy) is 1. The highest BCUT2D eigenvalue weighted by molar-refractivity contribution is 5.97. The summed E-state index contributed by atoms with van der Waals surface area (Å²) >= 11 is 0. The minimum absolute atomic E-state index is 0.109. The second kappa shape index (κ2) is 9.47. The zero-order chi connectivity index (χ0) is 24.5. The molecular weight excluding hydrogens is 442 g/mol. The van der Waals surface area contributed by atoms with Gasteiger partial charge in [-0.15, -0.1) is 0 Å². The molecule has 2 nitrogen and oxygen atoms in total. The van der Waals surface area contributed by atoms with Crippen molar-refractivity contribution in [2.45, 2.75) is 32.1 Å². The molecule has 0 radical (unpaired) electrons. The molecule has 0 aliphatic heterocycles.